The van der Waals surface area contributed by atoms with Gasteiger partial charge in [0.1, 0.15) is 0 Å². The van der Waals surface area contributed by atoms with Crippen molar-refractivity contribution in [3.05, 3.63) is 64.4 Å². The summed E-state index contributed by atoms with van der Waals surface area (Å²) >= 11 is 3.43. The van der Waals surface area contributed by atoms with Crippen LogP contribution in [0.2, 0.25) is 0 Å². The molecule has 1 heterocycles. The maximum Gasteiger partial charge on any atom is 0.315 e. The Bertz CT molecular complexity index is 560. The third kappa shape index (κ3) is 5.01. The van der Waals surface area contributed by atoms with Crippen LogP contribution in [-0.2, 0) is 13.0 Å². The van der Waals surface area contributed by atoms with Gasteiger partial charge in [-0.2, -0.15) is 0 Å². The van der Waals surface area contributed by atoms with Gasteiger partial charge >= 0.3 is 6.03 Å². The molecule has 0 unspecified atom stereocenters. The van der Waals surface area contributed by atoms with Gasteiger partial charge in [0.25, 0.3) is 0 Å². The van der Waals surface area contributed by atoms with Gasteiger partial charge in [0.2, 0.25) is 0 Å². The van der Waals surface area contributed by atoms with E-state index in [4.69, 9.17) is 0 Å². The van der Waals surface area contributed by atoms with Crippen LogP contribution in [0.1, 0.15) is 11.1 Å². The summed E-state index contributed by atoms with van der Waals surface area (Å²) in [5, 5.41) is 5.65. The summed E-state index contributed by atoms with van der Waals surface area (Å²) < 4.78 is 1.05. The number of rotatable bonds is 5. The summed E-state index contributed by atoms with van der Waals surface area (Å²) in [4.78, 5) is 15.6. The Morgan fingerprint density at radius 3 is 2.65 bits per heavy atom. The average Bonchev–Trinajstić information content (AvgIpc) is 2.46. The third-order valence-electron chi connectivity index (χ3n) is 2.79. The summed E-state index contributed by atoms with van der Waals surface area (Å²) in [6.07, 6.45) is 4.23. The molecule has 5 heteroatoms. The van der Waals surface area contributed by atoms with Crippen molar-refractivity contribution in [2.75, 3.05) is 6.54 Å². The third-order valence-corrected chi connectivity index (χ3v) is 3.28. The maximum absolute atomic E-state index is 11.6. The molecule has 2 aromatic rings. The summed E-state index contributed by atoms with van der Waals surface area (Å²) in [7, 11) is 0. The highest BCUT2D eigenvalue weighted by atomic mass is 79.9. The molecule has 0 aliphatic rings. The molecular weight excluding hydrogens is 318 g/mol. The highest BCUT2D eigenvalue weighted by molar-refractivity contribution is 9.10. The zero-order valence-electron chi connectivity index (χ0n) is 11.0. The zero-order chi connectivity index (χ0) is 14.2. The molecule has 20 heavy (non-hydrogen) atoms. The van der Waals surface area contributed by atoms with Crippen LogP contribution in [0.4, 0.5) is 4.79 Å². The SMILES string of the molecule is O=C(NCCc1cccc(Br)c1)NCc1ccncc1. The minimum absolute atomic E-state index is 0.156. The highest BCUT2D eigenvalue weighted by Gasteiger charge is 2.00. The fourth-order valence-corrected chi connectivity index (χ4v) is 2.20. The Morgan fingerprint density at radius 1 is 1.10 bits per heavy atom. The Morgan fingerprint density at radius 2 is 1.90 bits per heavy atom. The summed E-state index contributed by atoms with van der Waals surface area (Å²) in [6.45, 7) is 1.11. The second-order valence-corrected chi connectivity index (χ2v) is 5.26. The number of carbonyl (C=O) groups is 1. The van der Waals surface area contributed by atoms with E-state index < -0.39 is 0 Å². The first kappa shape index (κ1) is 14.5. The predicted molar refractivity (Wildman–Crippen MR) is 82.3 cm³/mol. The van der Waals surface area contributed by atoms with Crippen molar-refractivity contribution in [1.82, 2.24) is 15.6 Å². The molecule has 4 nitrogen and oxygen atoms in total. The van der Waals surface area contributed by atoms with Gasteiger partial charge in [-0.25, -0.2) is 4.79 Å². The van der Waals surface area contributed by atoms with Crippen molar-refractivity contribution < 1.29 is 4.79 Å². The van der Waals surface area contributed by atoms with Crippen molar-refractivity contribution in [2.24, 2.45) is 0 Å². The molecule has 0 spiro atoms. The number of hydrogen-bond donors (Lipinski definition) is 2. The number of benzene rings is 1. The number of carbonyl (C=O) groups excluding carboxylic acids is 1. The van der Waals surface area contributed by atoms with Gasteiger partial charge < -0.3 is 10.6 Å². The lowest BCUT2D eigenvalue weighted by atomic mass is 10.1. The first-order chi connectivity index (χ1) is 9.74. The van der Waals surface area contributed by atoms with Crippen molar-refractivity contribution in [1.29, 1.82) is 0 Å². The van der Waals surface area contributed by atoms with Crippen LogP contribution in [0.5, 0.6) is 0 Å². The van der Waals surface area contributed by atoms with E-state index in [1.165, 1.54) is 5.56 Å². The van der Waals surface area contributed by atoms with E-state index in [1.54, 1.807) is 12.4 Å². The van der Waals surface area contributed by atoms with Crippen molar-refractivity contribution in [2.45, 2.75) is 13.0 Å². The summed E-state index contributed by atoms with van der Waals surface area (Å²) in [5.74, 6) is 0. The molecule has 2 N–H and O–H groups in total. The molecule has 0 radical (unpaired) electrons. The maximum atomic E-state index is 11.6. The summed E-state index contributed by atoms with van der Waals surface area (Å²) in [5.41, 5.74) is 2.22. The zero-order valence-corrected chi connectivity index (χ0v) is 12.6. The molecular formula is C15H16BrN3O. The Balaban J connectivity index is 1.68. The second kappa shape index (κ2) is 7.65. The molecule has 1 aromatic heterocycles. The van der Waals surface area contributed by atoms with Crippen LogP contribution in [-0.4, -0.2) is 17.6 Å². The van der Waals surface area contributed by atoms with Gasteiger partial charge in [-0.1, -0.05) is 28.1 Å². The number of nitrogens with one attached hydrogen (secondary N) is 2. The fourth-order valence-electron chi connectivity index (χ4n) is 1.76. The van der Waals surface area contributed by atoms with Crippen LogP contribution in [0.25, 0.3) is 0 Å². The van der Waals surface area contributed by atoms with E-state index in [1.807, 2.05) is 30.3 Å². The van der Waals surface area contributed by atoms with E-state index in [9.17, 15) is 4.79 Å². The molecule has 0 saturated carbocycles. The Kier molecular flexibility index (Phi) is 5.55. The van der Waals surface area contributed by atoms with Crippen molar-refractivity contribution in [3.63, 3.8) is 0 Å². The largest absolute Gasteiger partial charge is 0.338 e. The number of hydrogen-bond acceptors (Lipinski definition) is 2. The molecule has 2 rings (SSSR count). The average molecular weight is 334 g/mol. The van der Waals surface area contributed by atoms with Gasteiger partial charge in [0.05, 0.1) is 0 Å². The first-order valence-electron chi connectivity index (χ1n) is 6.39. The van der Waals surface area contributed by atoms with Crippen LogP contribution in [0, 0.1) is 0 Å². The fraction of sp³-hybridized carbons (Fsp3) is 0.200. The number of halogens is 1. The Hall–Kier alpha value is -1.88. The van der Waals surface area contributed by atoms with Gasteiger partial charge in [0, 0.05) is 30.0 Å². The van der Waals surface area contributed by atoms with Crippen molar-refractivity contribution >= 4 is 22.0 Å². The normalized spacial score (nSPS) is 10.1. The van der Waals surface area contributed by atoms with E-state index >= 15 is 0 Å². The van der Waals surface area contributed by atoms with Crippen LogP contribution < -0.4 is 10.6 Å². The van der Waals surface area contributed by atoms with Crippen LogP contribution in [0.3, 0.4) is 0 Å². The van der Waals surface area contributed by atoms with Crippen LogP contribution >= 0.6 is 15.9 Å². The summed E-state index contributed by atoms with van der Waals surface area (Å²) in [6, 6.07) is 11.7. The molecule has 2 amide bonds. The monoisotopic (exact) mass is 333 g/mol. The first-order valence-corrected chi connectivity index (χ1v) is 7.18. The smallest absolute Gasteiger partial charge is 0.315 e. The van der Waals surface area contributed by atoms with Gasteiger partial charge in [-0.15, -0.1) is 0 Å². The van der Waals surface area contributed by atoms with E-state index in [2.05, 4.69) is 37.6 Å². The number of amides is 2. The Labute approximate surface area is 126 Å². The lowest BCUT2D eigenvalue weighted by molar-refractivity contribution is 0.240. The molecule has 0 aliphatic heterocycles. The molecule has 0 saturated heterocycles. The molecule has 0 bridgehead atoms. The highest BCUT2D eigenvalue weighted by Crippen LogP contribution is 2.11. The number of pyridine rings is 1. The number of nitrogens with zero attached hydrogens (tertiary/aromatic N) is 1. The minimum atomic E-state index is -0.156. The predicted octanol–water partition coefficient (Wildman–Crippen LogP) is 2.89. The van der Waals surface area contributed by atoms with E-state index in [0.717, 1.165) is 16.5 Å². The minimum Gasteiger partial charge on any atom is -0.338 e. The van der Waals surface area contributed by atoms with Gasteiger partial charge in [-0.3, -0.25) is 4.98 Å². The van der Waals surface area contributed by atoms with Gasteiger partial charge in [-0.05, 0) is 41.8 Å². The topological polar surface area (TPSA) is 54.0 Å². The quantitative estimate of drug-likeness (QED) is 0.883. The molecule has 0 atom stereocenters. The molecule has 1 aromatic carbocycles. The standard InChI is InChI=1S/C15H16BrN3O/c16-14-3-1-2-12(10-14)6-9-18-15(20)19-11-13-4-7-17-8-5-13/h1-5,7-8,10H,6,9,11H2,(H2,18,19,20). The van der Waals surface area contributed by atoms with Crippen LogP contribution in [0.15, 0.2) is 53.3 Å². The number of urea groups is 1. The number of aromatic nitrogens is 1. The van der Waals surface area contributed by atoms with E-state index in [-0.39, 0.29) is 6.03 Å². The van der Waals surface area contributed by atoms with E-state index in [0.29, 0.717) is 13.1 Å². The lowest BCUT2D eigenvalue weighted by Crippen LogP contribution is -2.36. The van der Waals surface area contributed by atoms with Crippen molar-refractivity contribution in [3.8, 4) is 0 Å². The molecule has 0 fully saturated rings. The molecule has 104 valence electrons. The molecule has 0 aliphatic carbocycles. The second-order valence-electron chi connectivity index (χ2n) is 4.34. The van der Waals surface area contributed by atoms with Gasteiger partial charge in [0.15, 0.2) is 0 Å². The lowest BCUT2D eigenvalue weighted by Gasteiger charge is -2.08.